The molecule has 1 atom stereocenters. The van der Waals surface area contributed by atoms with E-state index in [2.05, 4.69) is 10.3 Å². The molecule has 0 spiro atoms. The van der Waals surface area contributed by atoms with Gasteiger partial charge in [-0.3, -0.25) is 9.78 Å². The monoisotopic (exact) mass is 366 g/mol. The smallest absolute Gasteiger partial charge is 0.339 e. The summed E-state index contributed by atoms with van der Waals surface area (Å²) in [5.74, 6) is 0.276. The van der Waals surface area contributed by atoms with Crippen molar-refractivity contribution >= 4 is 16.9 Å². The van der Waals surface area contributed by atoms with Gasteiger partial charge in [0, 0.05) is 35.5 Å². The summed E-state index contributed by atoms with van der Waals surface area (Å²) < 4.78 is 11.3. The molecule has 0 bridgehead atoms. The fourth-order valence-corrected chi connectivity index (χ4v) is 2.83. The average Bonchev–Trinajstić information content (AvgIpc) is 2.67. The molecule has 2 heterocycles. The number of amides is 1. The standard InChI is InChI=1S/C21H22N2O4/c1-12-13(2)21(25)27-19-14(3)18(8-7-17(12)19)26-15(4)20(24)23-11-16-6-5-9-22-10-16/h5-10,15H,11H2,1-4H3,(H,23,24)/t15-/m1/s1. The van der Waals surface area contributed by atoms with Gasteiger partial charge < -0.3 is 14.5 Å². The summed E-state index contributed by atoms with van der Waals surface area (Å²) in [5, 5.41) is 3.69. The molecule has 1 amide bonds. The number of hydrogen-bond donors (Lipinski definition) is 1. The predicted octanol–water partition coefficient (Wildman–Crippen LogP) is 3.20. The van der Waals surface area contributed by atoms with Gasteiger partial charge in [0.05, 0.1) is 0 Å². The summed E-state index contributed by atoms with van der Waals surface area (Å²) in [7, 11) is 0. The van der Waals surface area contributed by atoms with Gasteiger partial charge in [-0.05, 0) is 57.0 Å². The number of rotatable bonds is 5. The molecule has 0 saturated heterocycles. The van der Waals surface area contributed by atoms with E-state index in [1.807, 2.05) is 32.0 Å². The van der Waals surface area contributed by atoms with E-state index in [-0.39, 0.29) is 11.5 Å². The summed E-state index contributed by atoms with van der Waals surface area (Å²) in [5.41, 5.74) is 3.22. The van der Waals surface area contributed by atoms with E-state index in [9.17, 15) is 9.59 Å². The molecule has 140 valence electrons. The Bertz CT molecular complexity index is 1040. The van der Waals surface area contributed by atoms with Crippen LogP contribution in [0.4, 0.5) is 0 Å². The first-order valence-electron chi connectivity index (χ1n) is 8.75. The molecule has 2 aromatic heterocycles. The van der Waals surface area contributed by atoms with E-state index < -0.39 is 6.10 Å². The van der Waals surface area contributed by atoms with E-state index in [1.165, 1.54) is 0 Å². The Morgan fingerprint density at radius 2 is 1.96 bits per heavy atom. The number of aryl methyl sites for hydroxylation is 2. The van der Waals surface area contributed by atoms with Crippen LogP contribution < -0.4 is 15.7 Å². The average molecular weight is 366 g/mol. The van der Waals surface area contributed by atoms with Gasteiger partial charge in [-0.25, -0.2) is 4.79 Å². The molecule has 6 nitrogen and oxygen atoms in total. The highest BCUT2D eigenvalue weighted by Crippen LogP contribution is 2.29. The molecule has 0 fully saturated rings. The van der Waals surface area contributed by atoms with Crippen LogP contribution in [-0.4, -0.2) is 17.0 Å². The minimum Gasteiger partial charge on any atom is -0.480 e. The predicted molar refractivity (Wildman–Crippen MR) is 103 cm³/mol. The third-order valence-electron chi connectivity index (χ3n) is 4.69. The maximum Gasteiger partial charge on any atom is 0.339 e. The van der Waals surface area contributed by atoms with Crippen LogP contribution in [0.5, 0.6) is 5.75 Å². The minimum absolute atomic E-state index is 0.236. The van der Waals surface area contributed by atoms with Gasteiger partial charge in [-0.1, -0.05) is 6.07 Å². The van der Waals surface area contributed by atoms with Crippen molar-refractivity contribution in [2.24, 2.45) is 0 Å². The largest absolute Gasteiger partial charge is 0.480 e. The van der Waals surface area contributed by atoms with Crippen molar-refractivity contribution in [3.8, 4) is 5.75 Å². The maximum absolute atomic E-state index is 12.3. The van der Waals surface area contributed by atoms with Crippen LogP contribution >= 0.6 is 0 Å². The minimum atomic E-state index is -0.698. The van der Waals surface area contributed by atoms with E-state index in [4.69, 9.17) is 9.15 Å². The van der Waals surface area contributed by atoms with Gasteiger partial charge >= 0.3 is 5.63 Å². The Morgan fingerprint density at radius 1 is 1.19 bits per heavy atom. The van der Waals surface area contributed by atoms with Crippen molar-refractivity contribution in [2.45, 2.75) is 40.3 Å². The summed E-state index contributed by atoms with van der Waals surface area (Å²) in [4.78, 5) is 28.3. The Balaban J connectivity index is 1.77. The number of fused-ring (bicyclic) bond motifs is 1. The van der Waals surface area contributed by atoms with E-state index in [0.29, 0.717) is 29.0 Å². The second-order valence-corrected chi connectivity index (χ2v) is 6.54. The van der Waals surface area contributed by atoms with Gasteiger partial charge in [-0.2, -0.15) is 0 Å². The number of pyridine rings is 1. The summed E-state index contributed by atoms with van der Waals surface area (Å²) in [6.45, 7) is 7.51. The number of ether oxygens (including phenoxy) is 1. The van der Waals surface area contributed by atoms with Crippen molar-refractivity contribution in [3.63, 3.8) is 0 Å². The van der Waals surface area contributed by atoms with Crippen LogP contribution in [-0.2, 0) is 11.3 Å². The molecule has 0 aliphatic heterocycles. The lowest BCUT2D eigenvalue weighted by molar-refractivity contribution is -0.127. The number of aromatic nitrogens is 1. The number of benzene rings is 1. The van der Waals surface area contributed by atoms with E-state index in [0.717, 1.165) is 16.5 Å². The molecule has 0 saturated carbocycles. The Morgan fingerprint density at radius 3 is 2.67 bits per heavy atom. The maximum atomic E-state index is 12.3. The van der Waals surface area contributed by atoms with Crippen LogP contribution in [0.1, 0.15) is 29.2 Å². The number of nitrogens with zero attached hydrogens (tertiary/aromatic N) is 1. The highest BCUT2D eigenvalue weighted by molar-refractivity contribution is 5.86. The molecule has 3 aromatic rings. The van der Waals surface area contributed by atoms with Gasteiger partial charge in [0.2, 0.25) is 0 Å². The molecular weight excluding hydrogens is 344 g/mol. The third kappa shape index (κ3) is 3.84. The summed E-state index contributed by atoms with van der Waals surface area (Å²) in [6, 6.07) is 7.36. The molecule has 1 N–H and O–H groups in total. The first kappa shape index (κ1) is 18.6. The van der Waals surface area contributed by atoms with Gasteiger partial charge in [-0.15, -0.1) is 0 Å². The van der Waals surface area contributed by atoms with Crippen LogP contribution in [0.25, 0.3) is 11.0 Å². The molecule has 1 aromatic carbocycles. The van der Waals surface area contributed by atoms with Crippen molar-refractivity contribution in [2.75, 3.05) is 0 Å². The topological polar surface area (TPSA) is 81.4 Å². The van der Waals surface area contributed by atoms with Crippen LogP contribution in [0, 0.1) is 20.8 Å². The lowest BCUT2D eigenvalue weighted by atomic mass is 10.0. The lowest BCUT2D eigenvalue weighted by Gasteiger charge is -2.17. The fourth-order valence-electron chi connectivity index (χ4n) is 2.83. The molecule has 0 unspecified atom stereocenters. The highest BCUT2D eigenvalue weighted by Gasteiger charge is 2.18. The zero-order chi connectivity index (χ0) is 19.6. The van der Waals surface area contributed by atoms with Crippen LogP contribution in [0.15, 0.2) is 45.9 Å². The van der Waals surface area contributed by atoms with E-state index >= 15 is 0 Å². The molecule has 27 heavy (non-hydrogen) atoms. The van der Waals surface area contributed by atoms with Crippen molar-refractivity contribution < 1.29 is 13.9 Å². The number of nitrogens with one attached hydrogen (secondary N) is 1. The van der Waals surface area contributed by atoms with Gasteiger partial charge in [0.15, 0.2) is 6.10 Å². The van der Waals surface area contributed by atoms with E-state index in [1.54, 1.807) is 32.3 Å². The second kappa shape index (κ2) is 7.61. The Labute approximate surface area is 157 Å². The first-order chi connectivity index (χ1) is 12.9. The zero-order valence-corrected chi connectivity index (χ0v) is 15.8. The Kier molecular flexibility index (Phi) is 5.26. The van der Waals surface area contributed by atoms with Gasteiger partial charge in [0.25, 0.3) is 5.91 Å². The lowest BCUT2D eigenvalue weighted by Crippen LogP contribution is -2.36. The highest BCUT2D eigenvalue weighted by atomic mass is 16.5. The number of hydrogen-bond acceptors (Lipinski definition) is 5. The SMILES string of the molecule is Cc1c(C)c2ccc(O[C@H](C)C(=O)NCc3cccnc3)c(C)c2oc1=O. The molecule has 3 rings (SSSR count). The molecule has 0 radical (unpaired) electrons. The first-order valence-corrected chi connectivity index (χ1v) is 8.75. The molecule has 0 aliphatic rings. The summed E-state index contributed by atoms with van der Waals surface area (Å²) in [6.07, 6.45) is 2.68. The fraction of sp³-hybridized carbons (Fsp3) is 0.286. The number of carbonyl (C=O) groups is 1. The van der Waals surface area contributed by atoms with Crippen molar-refractivity contribution in [3.05, 3.63) is 69.3 Å². The molecular formula is C21H22N2O4. The zero-order valence-electron chi connectivity index (χ0n) is 15.8. The molecule has 0 aliphatic carbocycles. The van der Waals surface area contributed by atoms with Gasteiger partial charge in [0.1, 0.15) is 11.3 Å². The quantitative estimate of drug-likeness (QED) is 0.701. The van der Waals surface area contributed by atoms with Crippen LogP contribution in [0.2, 0.25) is 0 Å². The summed E-state index contributed by atoms with van der Waals surface area (Å²) >= 11 is 0. The molecule has 6 heteroatoms. The van der Waals surface area contributed by atoms with Crippen LogP contribution in [0.3, 0.4) is 0 Å². The van der Waals surface area contributed by atoms with Crippen molar-refractivity contribution in [1.82, 2.24) is 10.3 Å². The van der Waals surface area contributed by atoms with Crippen molar-refractivity contribution in [1.29, 1.82) is 0 Å². The normalized spacial score (nSPS) is 12.0. The Hall–Kier alpha value is -3.15. The number of carbonyl (C=O) groups excluding carboxylic acids is 1. The second-order valence-electron chi connectivity index (χ2n) is 6.54. The third-order valence-corrected chi connectivity index (χ3v) is 4.69.